The maximum Gasteiger partial charge on any atom is 0.272 e. The van der Waals surface area contributed by atoms with Crippen LogP contribution in [0.4, 0.5) is 5.82 Å². The first-order chi connectivity index (χ1) is 9.63. The fourth-order valence-electron chi connectivity index (χ4n) is 2.15. The summed E-state index contributed by atoms with van der Waals surface area (Å²) in [6, 6.07) is 5.40. The van der Waals surface area contributed by atoms with Gasteiger partial charge in [-0.2, -0.15) is 5.10 Å². The highest BCUT2D eigenvalue weighted by Gasteiger charge is 2.30. The Hall–Kier alpha value is -2.08. The maximum atomic E-state index is 11.9. The summed E-state index contributed by atoms with van der Waals surface area (Å²) in [5, 5.41) is 7.64. The number of anilines is 1. The molecule has 0 aliphatic carbocycles. The van der Waals surface area contributed by atoms with E-state index in [4.69, 9.17) is 11.6 Å². The number of pyridine rings is 1. The molecule has 1 fully saturated rings. The molecule has 0 radical (unpaired) electrons. The number of carbonyl (C=O) groups excluding carboxylic acids is 1. The zero-order valence-corrected chi connectivity index (χ0v) is 11.7. The Morgan fingerprint density at radius 1 is 1.45 bits per heavy atom. The molecule has 0 unspecified atom stereocenters. The summed E-state index contributed by atoms with van der Waals surface area (Å²) in [5.41, 5.74) is 0.432. The zero-order valence-electron chi connectivity index (χ0n) is 11.0. The summed E-state index contributed by atoms with van der Waals surface area (Å²) in [6.07, 6.45) is 3.46. The molecule has 2 aromatic heterocycles. The number of aromatic nitrogens is 3. The largest absolute Gasteiger partial charge is 0.351 e. The predicted octanol–water partition coefficient (Wildman–Crippen LogP) is 1.09. The van der Waals surface area contributed by atoms with E-state index in [2.05, 4.69) is 15.4 Å². The van der Waals surface area contributed by atoms with Crippen LogP contribution in [0.1, 0.15) is 10.5 Å². The van der Waals surface area contributed by atoms with Crippen LogP contribution in [0.25, 0.3) is 0 Å². The molecular formula is C13H14ClN5O. The van der Waals surface area contributed by atoms with Crippen LogP contribution in [0, 0.1) is 0 Å². The summed E-state index contributed by atoms with van der Waals surface area (Å²) in [4.78, 5) is 18.2. The molecule has 1 N–H and O–H groups in total. The van der Waals surface area contributed by atoms with E-state index >= 15 is 0 Å². The van der Waals surface area contributed by atoms with E-state index in [1.54, 1.807) is 36.3 Å². The van der Waals surface area contributed by atoms with Gasteiger partial charge in [-0.1, -0.05) is 11.6 Å². The Morgan fingerprint density at radius 3 is 2.90 bits per heavy atom. The molecule has 1 amide bonds. The van der Waals surface area contributed by atoms with Gasteiger partial charge < -0.3 is 10.2 Å². The van der Waals surface area contributed by atoms with Crippen molar-refractivity contribution < 1.29 is 4.79 Å². The maximum absolute atomic E-state index is 11.9. The van der Waals surface area contributed by atoms with Gasteiger partial charge in [0.1, 0.15) is 11.5 Å². The van der Waals surface area contributed by atoms with Gasteiger partial charge in [0, 0.05) is 32.5 Å². The molecule has 0 atom stereocenters. The summed E-state index contributed by atoms with van der Waals surface area (Å²) < 4.78 is 1.61. The van der Waals surface area contributed by atoms with E-state index in [9.17, 15) is 4.79 Å². The molecule has 2 aromatic rings. The monoisotopic (exact) mass is 291 g/mol. The van der Waals surface area contributed by atoms with Crippen molar-refractivity contribution in [3.8, 4) is 0 Å². The highest BCUT2D eigenvalue weighted by molar-refractivity contribution is 6.32. The van der Waals surface area contributed by atoms with Crippen molar-refractivity contribution in [2.24, 2.45) is 7.05 Å². The van der Waals surface area contributed by atoms with Crippen LogP contribution < -0.4 is 10.2 Å². The van der Waals surface area contributed by atoms with Gasteiger partial charge in [-0.3, -0.25) is 9.48 Å². The van der Waals surface area contributed by atoms with Crippen LogP contribution in [0.15, 0.2) is 30.6 Å². The van der Waals surface area contributed by atoms with Gasteiger partial charge in [0.05, 0.1) is 11.1 Å². The highest BCUT2D eigenvalue weighted by Crippen LogP contribution is 2.26. The second-order valence-electron chi connectivity index (χ2n) is 4.76. The first-order valence-corrected chi connectivity index (χ1v) is 6.67. The summed E-state index contributed by atoms with van der Waals surface area (Å²) in [7, 11) is 1.78. The lowest BCUT2D eigenvalue weighted by atomic mass is 10.1. The molecule has 1 aliphatic heterocycles. The minimum Gasteiger partial charge on any atom is -0.351 e. The van der Waals surface area contributed by atoms with E-state index in [-0.39, 0.29) is 11.9 Å². The van der Waals surface area contributed by atoms with Crippen molar-refractivity contribution in [3.63, 3.8) is 0 Å². The molecule has 104 valence electrons. The topological polar surface area (TPSA) is 63.1 Å². The van der Waals surface area contributed by atoms with Crippen LogP contribution in [0.5, 0.6) is 0 Å². The number of amides is 1. The number of rotatable bonds is 3. The number of aryl methyl sites for hydroxylation is 1. The van der Waals surface area contributed by atoms with E-state index in [0.29, 0.717) is 23.8 Å². The molecule has 6 nitrogen and oxygen atoms in total. The quantitative estimate of drug-likeness (QED) is 0.919. The molecule has 1 saturated heterocycles. The molecule has 0 saturated carbocycles. The molecule has 7 heteroatoms. The molecule has 20 heavy (non-hydrogen) atoms. The number of halogens is 1. The number of hydrogen-bond donors (Lipinski definition) is 1. The van der Waals surface area contributed by atoms with Crippen molar-refractivity contribution in [2.45, 2.75) is 6.04 Å². The van der Waals surface area contributed by atoms with Crippen molar-refractivity contribution in [2.75, 3.05) is 18.0 Å². The summed E-state index contributed by atoms with van der Waals surface area (Å²) in [5.74, 6) is 0.611. The normalized spacial score (nSPS) is 15.0. The molecule has 3 heterocycles. The van der Waals surface area contributed by atoms with Gasteiger partial charge in [0.15, 0.2) is 0 Å². The number of hydrogen-bond acceptors (Lipinski definition) is 4. The van der Waals surface area contributed by atoms with Crippen LogP contribution in [-0.2, 0) is 7.05 Å². The first-order valence-electron chi connectivity index (χ1n) is 6.29. The third-order valence-corrected chi connectivity index (χ3v) is 3.50. The zero-order chi connectivity index (χ0) is 14.1. The molecule has 0 aromatic carbocycles. The van der Waals surface area contributed by atoms with Crippen LogP contribution >= 0.6 is 11.6 Å². The molecule has 3 rings (SSSR count). The van der Waals surface area contributed by atoms with Gasteiger partial charge in [-0.25, -0.2) is 4.98 Å². The van der Waals surface area contributed by atoms with E-state index in [1.165, 1.54) is 0 Å². The Bertz CT molecular complexity index is 635. The standard InChI is InChI=1S/C13H14ClN5O/c1-18-6-4-11(17-18)13(20)16-9-7-19(8-9)12-10(14)3-2-5-15-12/h2-6,9H,7-8H2,1H3,(H,16,20). The van der Waals surface area contributed by atoms with Crippen molar-refractivity contribution >= 4 is 23.3 Å². The smallest absolute Gasteiger partial charge is 0.272 e. The van der Waals surface area contributed by atoms with Crippen molar-refractivity contribution in [3.05, 3.63) is 41.3 Å². The minimum atomic E-state index is -0.151. The average Bonchev–Trinajstić information content (AvgIpc) is 2.81. The van der Waals surface area contributed by atoms with Gasteiger partial charge in [-0.05, 0) is 18.2 Å². The number of nitrogens with one attached hydrogen (secondary N) is 1. The third kappa shape index (κ3) is 2.46. The fourth-order valence-corrected chi connectivity index (χ4v) is 2.39. The molecule has 0 spiro atoms. The number of nitrogens with zero attached hydrogens (tertiary/aromatic N) is 4. The van der Waals surface area contributed by atoms with Crippen LogP contribution in [0.2, 0.25) is 5.02 Å². The summed E-state index contributed by atoms with van der Waals surface area (Å²) in [6.45, 7) is 1.41. The Labute approximate surface area is 121 Å². The van der Waals surface area contributed by atoms with Crippen LogP contribution in [-0.4, -0.2) is 39.8 Å². The number of carbonyl (C=O) groups is 1. The average molecular weight is 292 g/mol. The van der Waals surface area contributed by atoms with Gasteiger partial charge >= 0.3 is 0 Å². The van der Waals surface area contributed by atoms with E-state index in [1.807, 2.05) is 11.0 Å². The van der Waals surface area contributed by atoms with Gasteiger partial charge in [-0.15, -0.1) is 0 Å². The minimum absolute atomic E-state index is 0.0996. The second kappa shape index (κ2) is 5.13. The molecular weight excluding hydrogens is 278 g/mol. The lowest BCUT2D eigenvalue weighted by molar-refractivity contribution is 0.0924. The van der Waals surface area contributed by atoms with E-state index < -0.39 is 0 Å². The predicted molar refractivity (Wildman–Crippen MR) is 75.9 cm³/mol. The lowest BCUT2D eigenvalue weighted by Crippen LogP contribution is -2.59. The van der Waals surface area contributed by atoms with Crippen molar-refractivity contribution in [1.29, 1.82) is 0 Å². The highest BCUT2D eigenvalue weighted by atomic mass is 35.5. The van der Waals surface area contributed by atoms with Crippen LogP contribution in [0.3, 0.4) is 0 Å². The SMILES string of the molecule is Cn1ccc(C(=O)NC2CN(c3ncccc3Cl)C2)n1. The second-order valence-corrected chi connectivity index (χ2v) is 5.17. The van der Waals surface area contributed by atoms with Gasteiger partial charge in [0.2, 0.25) is 0 Å². The van der Waals surface area contributed by atoms with E-state index in [0.717, 1.165) is 5.82 Å². The Balaban J connectivity index is 1.56. The first kappa shape index (κ1) is 12.9. The summed E-state index contributed by atoms with van der Waals surface area (Å²) >= 11 is 6.08. The molecule has 0 bridgehead atoms. The Kier molecular flexibility index (Phi) is 3.31. The lowest BCUT2D eigenvalue weighted by Gasteiger charge is -2.40. The third-order valence-electron chi connectivity index (χ3n) is 3.20. The fraction of sp³-hybridized carbons (Fsp3) is 0.308. The Morgan fingerprint density at radius 2 is 2.25 bits per heavy atom. The van der Waals surface area contributed by atoms with Gasteiger partial charge in [0.25, 0.3) is 5.91 Å². The van der Waals surface area contributed by atoms with Crippen molar-refractivity contribution in [1.82, 2.24) is 20.1 Å². The molecule has 1 aliphatic rings.